The molecule has 0 radical (unpaired) electrons. The van der Waals surface area contributed by atoms with Crippen LogP contribution in [0.3, 0.4) is 0 Å². The standard InChI is InChI=1S/C24H23N5O3S/c30-21(11-13-29-23(32)18-9-5-4-8-17(18)22(31)27-29)26-24-25-19-10-12-28(15-20(19)33-24)14-16-6-2-1-3-7-16/h1-9H,10-15H2,(H,27,31)(H,25,26,30). The predicted octanol–water partition coefficient (Wildman–Crippen LogP) is 2.73. The van der Waals surface area contributed by atoms with Crippen molar-refractivity contribution < 1.29 is 4.79 Å². The second-order valence-corrected chi connectivity index (χ2v) is 9.16. The zero-order chi connectivity index (χ0) is 22.8. The number of aromatic nitrogens is 3. The predicted molar refractivity (Wildman–Crippen MR) is 128 cm³/mol. The van der Waals surface area contributed by atoms with Crippen LogP contribution in [0.15, 0.2) is 64.2 Å². The molecule has 2 N–H and O–H groups in total. The molecule has 5 rings (SSSR count). The fourth-order valence-electron chi connectivity index (χ4n) is 4.08. The number of benzene rings is 2. The lowest BCUT2D eigenvalue weighted by Gasteiger charge is -2.25. The van der Waals surface area contributed by atoms with Crippen molar-refractivity contribution in [3.8, 4) is 0 Å². The van der Waals surface area contributed by atoms with Crippen LogP contribution >= 0.6 is 11.3 Å². The highest BCUT2D eigenvalue weighted by molar-refractivity contribution is 7.15. The topological polar surface area (TPSA) is 100 Å². The summed E-state index contributed by atoms with van der Waals surface area (Å²) < 4.78 is 1.19. The van der Waals surface area contributed by atoms with Crippen molar-refractivity contribution in [3.63, 3.8) is 0 Å². The minimum absolute atomic E-state index is 0.0541. The summed E-state index contributed by atoms with van der Waals surface area (Å²) in [4.78, 5) is 45.4. The van der Waals surface area contributed by atoms with Gasteiger partial charge in [0.25, 0.3) is 11.1 Å². The lowest BCUT2D eigenvalue weighted by atomic mass is 10.1. The number of hydrogen-bond acceptors (Lipinski definition) is 6. The number of amides is 1. The molecule has 0 unspecified atom stereocenters. The van der Waals surface area contributed by atoms with Crippen molar-refractivity contribution in [3.05, 3.63) is 91.4 Å². The van der Waals surface area contributed by atoms with E-state index in [0.717, 1.165) is 31.7 Å². The van der Waals surface area contributed by atoms with Crippen molar-refractivity contribution in [2.45, 2.75) is 32.5 Å². The van der Waals surface area contributed by atoms with Gasteiger partial charge in [0.05, 0.1) is 23.0 Å². The highest BCUT2D eigenvalue weighted by Gasteiger charge is 2.21. The lowest BCUT2D eigenvalue weighted by Crippen LogP contribution is -2.31. The molecular formula is C24H23N5O3S. The quantitative estimate of drug-likeness (QED) is 0.460. The van der Waals surface area contributed by atoms with Gasteiger partial charge in [-0.25, -0.2) is 9.67 Å². The maximum absolute atomic E-state index is 12.6. The SMILES string of the molecule is O=C(CCn1[nH]c(=O)c2ccccc2c1=O)Nc1nc2c(s1)CN(Cc1ccccc1)CC2. The summed E-state index contributed by atoms with van der Waals surface area (Å²) in [6.45, 7) is 2.71. The summed E-state index contributed by atoms with van der Waals surface area (Å²) in [5.41, 5.74) is 1.65. The van der Waals surface area contributed by atoms with Gasteiger partial charge in [0.1, 0.15) is 0 Å². The number of nitrogens with zero attached hydrogens (tertiary/aromatic N) is 3. The average Bonchev–Trinajstić information content (AvgIpc) is 3.22. The number of carbonyl (C=O) groups is 1. The maximum atomic E-state index is 12.6. The Morgan fingerprint density at radius 2 is 1.82 bits per heavy atom. The first kappa shape index (κ1) is 21.3. The molecule has 0 spiro atoms. The number of hydrogen-bond donors (Lipinski definition) is 2. The summed E-state index contributed by atoms with van der Waals surface area (Å²) in [5, 5.41) is 6.66. The van der Waals surface area contributed by atoms with Gasteiger partial charge in [-0.15, -0.1) is 11.3 Å². The van der Waals surface area contributed by atoms with Crippen LogP contribution < -0.4 is 16.4 Å². The van der Waals surface area contributed by atoms with E-state index in [-0.39, 0.29) is 30.0 Å². The molecule has 3 heterocycles. The Kier molecular flexibility index (Phi) is 5.89. The first-order valence-corrected chi connectivity index (χ1v) is 11.6. The van der Waals surface area contributed by atoms with Crippen molar-refractivity contribution in [2.75, 3.05) is 11.9 Å². The molecule has 0 atom stereocenters. The number of nitrogens with one attached hydrogen (secondary N) is 2. The second kappa shape index (κ2) is 9.13. The van der Waals surface area contributed by atoms with Crippen LogP contribution in [0, 0.1) is 0 Å². The summed E-state index contributed by atoms with van der Waals surface area (Å²) in [5.74, 6) is -0.247. The van der Waals surface area contributed by atoms with E-state index in [0.29, 0.717) is 15.9 Å². The number of fused-ring (bicyclic) bond motifs is 2. The third-order valence-corrected chi connectivity index (χ3v) is 6.75. The van der Waals surface area contributed by atoms with Crippen molar-refractivity contribution in [1.82, 2.24) is 19.7 Å². The molecule has 1 amide bonds. The Labute approximate surface area is 193 Å². The van der Waals surface area contributed by atoms with E-state index in [1.54, 1.807) is 24.3 Å². The largest absolute Gasteiger partial charge is 0.302 e. The van der Waals surface area contributed by atoms with Gasteiger partial charge < -0.3 is 5.32 Å². The Balaban J connectivity index is 1.21. The summed E-state index contributed by atoms with van der Waals surface area (Å²) in [6, 6.07) is 17.0. The van der Waals surface area contributed by atoms with Crippen LogP contribution in [-0.4, -0.2) is 32.1 Å². The Morgan fingerprint density at radius 3 is 2.64 bits per heavy atom. The smallest absolute Gasteiger partial charge is 0.273 e. The molecule has 0 aliphatic carbocycles. The molecule has 33 heavy (non-hydrogen) atoms. The molecule has 2 aromatic heterocycles. The zero-order valence-corrected chi connectivity index (χ0v) is 18.7. The van der Waals surface area contributed by atoms with Gasteiger partial charge in [-0.05, 0) is 17.7 Å². The molecule has 0 bridgehead atoms. The summed E-state index contributed by atoms with van der Waals surface area (Å²) in [6.07, 6.45) is 0.904. The van der Waals surface area contributed by atoms with Gasteiger partial charge in [0.15, 0.2) is 5.13 Å². The molecule has 1 aliphatic rings. The fourth-order valence-corrected chi connectivity index (χ4v) is 5.14. The summed E-state index contributed by atoms with van der Waals surface area (Å²) >= 11 is 1.50. The van der Waals surface area contributed by atoms with Gasteiger partial charge in [0.2, 0.25) is 5.91 Å². The molecule has 4 aromatic rings. The van der Waals surface area contributed by atoms with Crippen LogP contribution in [0.5, 0.6) is 0 Å². The van der Waals surface area contributed by atoms with Crippen LogP contribution in [0.2, 0.25) is 0 Å². The lowest BCUT2D eigenvalue weighted by molar-refractivity contribution is -0.116. The number of thiazole rings is 1. The highest BCUT2D eigenvalue weighted by Crippen LogP contribution is 2.29. The fraction of sp³-hybridized carbons (Fsp3) is 0.250. The van der Waals surface area contributed by atoms with E-state index < -0.39 is 0 Å². The van der Waals surface area contributed by atoms with Crippen LogP contribution in [0.1, 0.15) is 22.6 Å². The van der Waals surface area contributed by atoms with E-state index in [2.05, 4.69) is 32.4 Å². The molecule has 0 saturated carbocycles. The minimum Gasteiger partial charge on any atom is -0.302 e. The van der Waals surface area contributed by atoms with Crippen molar-refractivity contribution in [2.24, 2.45) is 0 Å². The molecule has 0 saturated heterocycles. The van der Waals surface area contributed by atoms with Gasteiger partial charge in [0, 0.05) is 37.4 Å². The Bertz CT molecular complexity index is 1420. The third kappa shape index (κ3) is 4.64. The molecule has 1 aliphatic heterocycles. The van der Waals surface area contributed by atoms with E-state index in [1.807, 2.05) is 18.2 Å². The number of anilines is 1. The summed E-state index contributed by atoms with van der Waals surface area (Å²) in [7, 11) is 0. The van der Waals surface area contributed by atoms with Crippen LogP contribution in [-0.2, 0) is 30.8 Å². The molecule has 0 fully saturated rings. The minimum atomic E-state index is -0.349. The average molecular weight is 462 g/mol. The first-order valence-electron chi connectivity index (χ1n) is 10.8. The van der Waals surface area contributed by atoms with Gasteiger partial charge in [-0.1, -0.05) is 42.5 Å². The molecule has 168 valence electrons. The molecule has 8 nitrogen and oxygen atoms in total. The van der Waals surface area contributed by atoms with Gasteiger partial charge in [-0.2, -0.15) is 0 Å². The van der Waals surface area contributed by atoms with Crippen molar-refractivity contribution in [1.29, 1.82) is 0 Å². The van der Waals surface area contributed by atoms with Crippen LogP contribution in [0.25, 0.3) is 10.8 Å². The highest BCUT2D eigenvalue weighted by atomic mass is 32.1. The van der Waals surface area contributed by atoms with Crippen molar-refractivity contribution >= 4 is 33.1 Å². The van der Waals surface area contributed by atoms with E-state index in [9.17, 15) is 14.4 Å². The maximum Gasteiger partial charge on any atom is 0.273 e. The van der Waals surface area contributed by atoms with Crippen LogP contribution in [0.4, 0.5) is 5.13 Å². The van der Waals surface area contributed by atoms with E-state index in [1.165, 1.54) is 26.5 Å². The van der Waals surface area contributed by atoms with Gasteiger partial charge in [-0.3, -0.25) is 24.4 Å². The van der Waals surface area contributed by atoms with E-state index in [4.69, 9.17) is 0 Å². The second-order valence-electron chi connectivity index (χ2n) is 8.08. The number of aromatic amines is 1. The normalized spacial score (nSPS) is 13.7. The zero-order valence-electron chi connectivity index (χ0n) is 17.9. The monoisotopic (exact) mass is 461 g/mol. The Morgan fingerprint density at radius 1 is 1.06 bits per heavy atom. The molecule has 2 aromatic carbocycles. The molecular weight excluding hydrogens is 438 g/mol. The Hall–Kier alpha value is -3.56. The number of carbonyl (C=O) groups excluding carboxylic acids is 1. The molecule has 9 heteroatoms. The number of aryl methyl sites for hydroxylation is 1. The first-order chi connectivity index (χ1) is 16.1. The third-order valence-electron chi connectivity index (χ3n) is 5.75. The van der Waals surface area contributed by atoms with E-state index >= 15 is 0 Å². The number of H-pyrrole nitrogens is 1. The van der Waals surface area contributed by atoms with Gasteiger partial charge >= 0.3 is 0 Å². The number of rotatable bonds is 6.